The van der Waals surface area contributed by atoms with Crippen molar-refractivity contribution in [1.82, 2.24) is 0 Å². The quantitative estimate of drug-likeness (QED) is 0.790. The number of carbonyl (C=O) groups is 2. The van der Waals surface area contributed by atoms with Crippen LogP contribution >= 0.6 is 0 Å². The molecule has 0 aromatic rings. The van der Waals surface area contributed by atoms with Gasteiger partial charge in [0.15, 0.2) is 5.78 Å². The van der Waals surface area contributed by atoms with Crippen LogP contribution in [0, 0.1) is 28.1 Å². The summed E-state index contributed by atoms with van der Waals surface area (Å²) in [7, 11) is 0. The van der Waals surface area contributed by atoms with Crippen molar-refractivity contribution in [1.29, 1.82) is 5.26 Å². The molecule has 0 aliphatic heterocycles. The molecule has 0 aromatic heterocycles. The van der Waals surface area contributed by atoms with E-state index in [4.69, 9.17) is 10.4 Å². The third-order valence-corrected chi connectivity index (χ3v) is 3.23. The van der Waals surface area contributed by atoms with Gasteiger partial charge < -0.3 is 5.11 Å². The van der Waals surface area contributed by atoms with Gasteiger partial charge in [-0.25, -0.2) is 0 Å². The maximum absolute atomic E-state index is 11.8. The molecule has 1 aliphatic carbocycles. The van der Waals surface area contributed by atoms with E-state index in [1.165, 1.54) is 0 Å². The summed E-state index contributed by atoms with van der Waals surface area (Å²) in [6.45, 7) is 5.39. The molecule has 16 heavy (non-hydrogen) atoms. The lowest BCUT2D eigenvalue weighted by Crippen LogP contribution is -2.32. The van der Waals surface area contributed by atoms with Gasteiger partial charge in [0.25, 0.3) is 0 Å². The number of rotatable bonds is 4. The number of Topliss-reactive ketones (excluding diaryl/α,β-unsaturated/α-hetero) is 1. The SMILES string of the molecule is CC(C)(C)[C@H](CC(=O)C1(C#N)CC1)C(=O)O. The number of nitrogens with zero attached hydrogens (tertiary/aromatic N) is 1. The summed E-state index contributed by atoms with van der Waals surface area (Å²) in [5.41, 5.74) is -1.33. The highest BCUT2D eigenvalue weighted by Crippen LogP contribution is 2.48. The van der Waals surface area contributed by atoms with Gasteiger partial charge in [0.2, 0.25) is 0 Å². The number of aliphatic carboxylic acids is 1. The molecule has 1 saturated carbocycles. The van der Waals surface area contributed by atoms with Crippen LogP contribution in [0.15, 0.2) is 0 Å². The van der Waals surface area contributed by atoms with Crippen molar-refractivity contribution in [2.75, 3.05) is 0 Å². The molecule has 1 atom stereocenters. The predicted octanol–water partition coefficient (Wildman–Crippen LogP) is 2.00. The lowest BCUT2D eigenvalue weighted by Gasteiger charge is -2.26. The first kappa shape index (κ1) is 12.7. The molecule has 0 heterocycles. The van der Waals surface area contributed by atoms with Gasteiger partial charge in [-0.2, -0.15) is 5.26 Å². The first-order chi connectivity index (χ1) is 7.23. The highest BCUT2D eigenvalue weighted by Gasteiger charge is 2.51. The Bertz CT molecular complexity index is 355. The first-order valence-corrected chi connectivity index (χ1v) is 5.40. The molecule has 88 valence electrons. The summed E-state index contributed by atoms with van der Waals surface area (Å²) in [4.78, 5) is 22.9. The van der Waals surface area contributed by atoms with Crippen LogP contribution in [0.1, 0.15) is 40.0 Å². The summed E-state index contributed by atoms with van der Waals surface area (Å²) in [6, 6.07) is 2.01. The van der Waals surface area contributed by atoms with E-state index in [9.17, 15) is 9.59 Å². The minimum Gasteiger partial charge on any atom is -0.481 e. The van der Waals surface area contributed by atoms with Crippen molar-refractivity contribution in [3.63, 3.8) is 0 Å². The smallest absolute Gasteiger partial charge is 0.307 e. The third-order valence-electron chi connectivity index (χ3n) is 3.23. The molecule has 0 radical (unpaired) electrons. The molecule has 0 unspecified atom stereocenters. The Kier molecular flexibility index (Phi) is 3.09. The molecule has 0 spiro atoms. The van der Waals surface area contributed by atoms with Crippen LogP contribution in [-0.2, 0) is 9.59 Å². The van der Waals surface area contributed by atoms with Gasteiger partial charge in [0, 0.05) is 6.42 Å². The fourth-order valence-electron chi connectivity index (χ4n) is 1.72. The summed E-state index contributed by atoms with van der Waals surface area (Å²) in [5.74, 6) is -1.89. The van der Waals surface area contributed by atoms with Gasteiger partial charge in [0.05, 0.1) is 12.0 Å². The van der Waals surface area contributed by atoms with Crippen LogP contribution in [0.2, 0.25) is 0 Å². The predicted molar refractivity (Wildman–Crippen MR) is 57.5 cm³/mol. The van der Waals surface area contributed by atoms with Gasteiger partial charge in [-0.05, 0) is 18.3 Å². The molecule has 1 N–H and O–H groups in total. The van der Waals surface area contributed by atoms with E-state index < -0.39 is 22.7 Å². The molecule has 0 aromatic carbocycles. The monoisotopic (exact) mass is 223 g/mol. The second kappa shape index (κ2) is 3.89. The second-order valence-electron chi connectivity index (χ2n) is 5.58. The lowest BCUT2D eigenvalue weighted by atomic mass is 9.76. The van der Waals surface area contributed by atoms with Crippen molar-refractivity contribution >= 4 is 11.8 Å². The van der Waals surface area contributed by atoms with E-state index >= 15 is 0 Å². The van der Waals surface area contributed by atoms with Crippen molar-refractivity contribution in [2.45, 2.75) is 40.0 Å². The van der Waals surface area contributed by atoms with Gasteiger partial charge >= 0.3 is 5.97 Å². The summed E-state index contributed by atoms with van der Waals surface area (Å²) in [5, 5.41) is 17.9. The van der Waals surface area contributed by atoms with Crippen molar-refractivity contribution in [3.8, 4) is 6.07 Å². The Morgan fingerprint density at radius 2 is 1.94 bits per heavy atom. The highest BCUT2D eigenvalue weighted by molar-refractivity contribution is 5.92. The lowest BCUT2D eigenvalue weighted by molar-refractivity contribution is -0.148. The van der Waals surface area contributed by atoms with E-state index in [2.05, 4.69) is 0 Å². The fourth-order valence-corrected chi connectivity index (χ4v) is 1.72. The van der Waals surface area contributed by atoms with Gasteiger partial charge in [0.1, 0.15) is 5.41 Å². The molecule has 0 saturated heterocycles. The van der Waals surface area contributed by atoms with Crippen LogP contribution in [0.4, 0.5) is 0 Å². The Balaban J connectivity index is 2.75. The van der Waals surface area contributed by atoms with Gasteiger partial charge in [-0.15, -0.1) is 0 Å². The summed E-state index contributed by atoms with van der Waals surface area (Å²) < 4.78 is 0. The second-order valence-corrected chi connectivity index (χ2v) is 5.58. The Morgan fingerprint density at radius 1 is 1.44 bits per heavy atom. The molecule has 1 fully saturated rings. The van der Waals surface area contributed by atoms with Crippen LogP contribution in [-0.4, -0.2) is 16.9 Å². The fraction of sp³-hybridized carbons (Fsp3) is 0.750. The molecule has 1 aliphatic rings. The molecular weight excluding hydrogens is 206 g/mol. The van der Waals surface area contributed by atoms with E-state index in [0.29, 0.717) is 12.8 Å². The van der Waals surface area contributed by atoms with Crippen LogP contribution in [0.3, 0.4) is 0 Å². The zero-order valence-electron chi connectivity index (χ0n) is 9.91. The highest BCUT2D eigenvalue weighted by atomic mass is 16.4. The number of hydrogen-bond donors (Lipinski definition) is 1. The molecule has 0 bridgehead atoms. The maximum atomic E-state index is 11.8. The minimum absolute atomic E-state index is 0.0353. The zero-order chi connectivity index (χ0) is 12.6. The van der Waals surface area contributed by atoms with Crippen molar-refractivity contribution in [3.05, 3.63) is 0 Å². The first-order valence-electron chi connectivity index (χ1n) is 5.40. The van der Waals surface area contributed by atoms with E-state index in [1.54, 1.807) is 20.8 Å². The van der Waals surface area contributed by atoms with Crippen LogP contribution < -0.4 is 0 Å². The molecule has 4 heteroatoms. The number of carboxylic acid groups (broad SMARTS) is 1. The standard InChI is InChI=1S/C12H17NO3/c1-11(2,3)8(10(15)16)6-9(14)12(7-13)4-5-12/h8H,4-6H2,1-3H3,(H,15,16)/t8-/m1/s1. The Labute approximate surface area is 95.3 Å². The number of nitriles is 1. The zero-order valence-corrected chi connectivity index (χ0v) is 9.91. The largest absolute Gasteiger partial charge is 0.481 e. The average molecular weight is 223 g/mol. The number of hydrogen-bond acceptors (Lipinski definition) is 3. The summed E-state index contributed by atoms with van der Waals surface area (Å²) in [6.07, 6.45) is 1.13. The van der Waals surface area contributed by atoms with E-state index in [0.717, 1.165) is 0 Å². The molecule has 4 nitrogen and oxygen atoms in total. The van der Waals surface area contributed by atoms with E-state index in [1.807, 2.05) is 6.07 Å². The minimum atomic E-state index is -0.963. The Hall–Kier alpha value is -1.37. The Morgan fingerprint density at radius 3 is 2.19 bits per heavy atom. The average Bonchev–Trinajstić information content (AvgIpc) is 2.91. The number of ketones is 1. The number of carbonyl (C=O) groups excluding carboxylic acids is 1. The third kappa shape index (κ3) is 2.41. The van der Waals surface area contributed by atoms with E-state index in [-0.39, 0.29) is 12.2 Å². The summed E-state index contributed by atoms with van der Waals surface area (Å²) >= 11 is 0. The molecule has 0 amide bonds. The van der Waals surface area contributed by atoms with Crippen molar-refractivity contribution in [2.24, 2.45) is 16.7 Å². The van der Waals surface area contributed by atoms with Crippen LogP contribution in [0.5, 0.6) is 0 Å². The molecular formula is C12H17NO3. The van der Waals surface area contributed by atoms with Gasteiger partial charge in [-0.3, -0.25) is 9.59 Å². The number of carboxylic acids is 1. The maximum Gasteiger partial charge on any atom is 0.307 e. The normalized spacial score (nSPS) is 19.6. The van der Waals surface area contributed by atoms with Crippen LogP contribution in [0.25, 0.3) is 0 Å². The molecule has 1 rings (SSSR count). The van der Waals surface area contributed by atoms with Crippen molar-refractivity contribution < 1.29 is 14.7 Å². The van der Waals surface area contributed by atoms with Gasteiger partial charge in [-0.1, -0.05) is 20.8 Å². The topological polar surface area (TPSA) is 78.2 Å².